The second kappa shape index (κ2) is 4.84. The summed E-state index contributed by atoms with van der Waals surface area (Å²) < 4.78 is 24.0. The van der Waals surface area contributed by atoms with Crippen LogP contribution in [0.5, 0.6) is 5.75 Å². The van der Waals surface area contributed by atoms with Crippen LogP contribution in [0.25, 0.3) is 0 Å². The van der Waals surface area contributed by atoms with Crippen molar-refractivity contribution in [1.29, 1.82) is 0 Å². The third kappa shape index (κ3) is 2.47. The fraction of sp³-hybridized carbons (Fsp3) is 0.462. The molecule has 0 bridgehead atoms. The summed E-state index contributed by atoms with van der Waals surface area (Å²) in [7, 11) is 1.46. The molecule has 2 rings (SSSR count). The number of ether oxygens (including phenoxy) is 2. The molecule has 0 amide bonds. The molecule has 1 aliphatic rings. The molecule has 0 radical (unpaired) electrons. The van der Waals surface area contributed by atoms with Crippen LogP contribution in [-0.2, 0) is 4.74 Å². The lowest BCUT2D eigenvalue weighted by Crippen LogP contribution is -2.21. The van der Waals surface area contributed by atoms with E-state index in [9.17, 15) is 9.18 Å². The van der Waals surface area contributed by atoms with Crippen molar-refractivity contribution in [3.05, 3.63) is 29.6 Å². The van der Waals surface area contributed by atoms with E-state index in [2.05, 4.69) is 0 Å². The fourth-order valence-electron chi connectivity index (χ4n) is 1.99. The molecule has 0 spiro atoms. The molecule has 2 atom stereocenters. The second-order valence-corrected chi connectivity index (χ2v) is 4.22. The van der Waals surface area contributed by atoms with Gasteiger partial charge in [0.1, 0.15) is 17.7 Å². The topological polar surface area (TPSA) is 35.5 Å². The van der Waals surface area contributed by atoms with Crippen LogP contribution < -0.4 is 4.74 Å². The number of benzene rings is 1. The van der Waals surface area contributed by atoms with Crippen molar-refractivity contribution in [3.8, 4) is 5.75 Å². The van der Waals surface area contributed by atoms with Gasteiger partial charge >= 0.3 is 0 Å². The number of ketones is 1. The average molecular weight is 238 g/mol. The molecule has 2 unspecified atom stereocenters. The zero-order valence-corrected chi connectivity index (χ0v) is 9.90. The van der Waals surface area contributed by atoms with Crippen molar-refractivity contribution in [1.82, 2.24) is 0 Å². The van der Waals surface area contributed by atoms with Crippen molar-refractivity contribution in [2.24, 2.45) is 0 Å². The van der Waals surface area contributed by atoms with Crippen LogP contribution in [0.3, 0.4) is 0 Å². The number of carbonyl (C=O) groups is 1. The van der Waals surface area contributed by atoms with Crippen LogP contribution in [0.1, 0.15) is 30.1 Å². The Morgan fingerprint density at radius 2 is 2.24 bits per heavy atom. The van der Waals surface area contributed by atoms with Gasteiger partial charge in [0, 0.05) is 6.07 Å². The van der Waals surface area contributed by atoms with E-state index in [-0.39, 0.29) is 17.5 Å². The number of halogens is 1. The zero-order valence-electron chi connectivity index (χ0n) is 9.90. The first kappa shape index (κ1) is 12.0. The molecule has 3 nitrogen and oxygen atoms in total. The summed E-state index contributed by atoms with van der Waals surface area (Å²) in [5.41, 5.74) is 0.0740. The van der Waals surface area contributed by atoms with Crippen molar-refractivity contribution in [3.63, 3.8) is 0 Å². The van der Waals surface area contributed by atoms with Gasteiger partial charge in [-0.2, -0.15) is 0 Å². The van der Waals surface area contributed by atoms with Crippen molar-refractivity contribution < 1.29 is 18.7 Å². The predicted octanol–water partition coefficient (Wildman–Crippen LogP) is 2.58. The highest BCUT2D eigenvalue weighted by Gasteiger charge is 2.30. The smallest absolute Gasteiger partial charge is 0.194 e. The van der Waals surface area contributed by atoms with Gasteiger partial charge in [0.25, 0.3) is 0 Å². The van der Waals surface area contributed by atoms with E-state index in [1.807, 2.05) is 6.92 Å². The Morgan fingerprint density at radius 1 is 1.47 bits per heavy atom. The van der Waals surface area contributed by atoms with Gasteiger partial charge in [-0.3, -0.25) is 4.79 Å². The lowest BCUT2D eigenvalue weighted by Gasteiger charge is -2.11. The van der Waals surface area contributed by atoms with Crippen LogP contribution >= 0.6 is 0 Å². The average Bonchev–Trinajstić information content (AvgIpc) is 2.75. The monoisotopic (exact) mass is 238 g/mol. The summed E-state index contributed by atoms with van der Waals surface area (Å²) in [6, 6.07) is 4.24. The summed E-state index contributed by atoms with van der Waals surface area (Å²) in [4.78, 5) is 12.0. The molecule has 1 saturated heterocycles. The van der Waals surface area contributed by atoms with E-state index in [0.29, 0.717) is 12.2 Å². The van der Waals surface area contributed by atoms with Crippen LogP contribution in [0.4, 0.5) is 4.39 Å². The van der Waals surface area contributed by atoms with Crippen LogP contribution in [0.15, 0.2) is 18.2 Å². The number of hydrogen-bond donors (Lipinski definition) is 0. The van der Waals surface area contributed by atoms with Gasteiger partial charge in [0.2, 0.25) is 0 Å². The van der Waals surface area contributed by atoms with Gasteiger partial charge in [0.15, 0.2) is 5.78 Å². The molecule has 1 aromatic carbocycles. The lowest BCUT2D eigenvalue weighted by atomic mass is 10.0. The molecule has 0 N–H and O–H groups in total. The van der Waals surface area contributed by atoms with Gasteiger partial charge in [-0.25, -0.2) is 4.39 Å². The Balaban J connectivity index is 2.19. The standard InChI is InChI=1S/C13H15FO3/c1-8-3-6-12(17-8)13(15)10-5-4-9(16-2)7-11(10)14/h4-5,7-8,12H,3,6H2,1-2H3. The molecular formula is C13H15FO3. The minimum Gasteiger partial charge on any atom is -0.497 e. The third-order valence-electron chi connectivity index (χ3n) is 2.97. The first-order valence-electron chi connectivity index (χ1n) is 5.65. The lowest BCUT2D eigenvalue weighted by molar-refractivity contribution is 0.0430. The highest BCUT2D eigenvalue weighted by atomic mass is 19.1. The number of carbonyl (C=O) groups excluding carboxylic acids is 1. The van der Waals surface area contributed by atoms with Gasteiger partial charge in [-0.05, 0) is 31.9 Å². The molecule has 0 saturated carbocycles. The first-order valence-corrected chi connectivity index (χ1v) is 5.65. The molecule has 0 aliphatic carbocycles. The summed E-state index contributed by atoms with van der Waals surface area (Å²) in [5, 5.41) is 0. The van der Waals surface area contributed by atoms with Gasteiger partial charge in [-0.15, -0.1) is 0 Å². The number of Topliss-reactive ketones (excluding diaryl/α,β-unsaturated/α-hetero) is 1. The Labute approximate surface area is 99.5 Å². The van der Waals surface area contributed by atoms with E-state index < -0.39 is 11.9 Å². The van der Waals surface area contributed by atoms with E-state index >= 15 is 0 Å². The Bertz CT molecular complexity index is 431. The Morgan fingerprint density at radius 3 is 2.76 bits per heavy atom. The molecular weight excluding hydrogens is 223 g/mol. The fourth-order valence-corrected chi connectivity index (χ4v) is 1.99. The minimum atomic E-state index is -0.558. The Kier molecular flexibility index (Phi) is 3.43. The maximum atomic E-state index is 13.7. The minimum absolute atomic E-state index is 0.0740. The maximum Gasteiger partial charge on any atom is 0.194 e. The summed E-state index contributed by atoms with van der Waals surface area (Å²) in [6.07, 6.45) is 1.07. The largest absolute Gasteiger partial charge is 0.497 e. The van der Waals surface area contributed by atoms with Gasteiger partial charge in [-0.1, -0.05) is 0 Å². The molecule has 1 fully saturated rings. The highest BCUT2D eigenvalue weighted by Crippen LogP contribution is 2.25. The predicted molar refractivity (Wildman–Crippen MR) is 60.9 cm³/mol. The van der Waals surface area contributed by atoms with Crippen molar-refractivity contribution in [2.75, 3.05) is 7.11 Å². The first-order chi connectivity index (χ1) is 8.11. The van der Waals surface area contributed by atoms with E-state index in [4.69, 9.17) is 9.47 Å². The van der Waals surface area contributed by atoms with Crippen LogP contribution in [-0.4, -0.2) is 25.1 Å². The number of methoxy groups -OCH3 is 1. The molecule has 1 aliphatic heterocycles. The summed E-state index contributed by atoms with van der Waals surface area (Å²) in [6.45, 7) is 1.91. The van der Waals surface area contributed by atoms with E-state index in [1.54, 1.807) is 6.07 Å². The number of hydrogen-bond acceptors (Lipinski definition) is 3. The molecule has 4 heteroatoms. The third-order valence-corrected chi connectivity index (χ3v) is 2.97. The SMILES string of the molecule is COc1ccc(C(=O)C2CCC(C)O2)c(F)c1. The summed E-state index contributed by atoms with van der Waals surface area (Å²) in [5.74, 6) is -0.438. The van der Waals surface area contributed by atoms with E-state index in [1.165, 1.54) is 19.2 Å². The molecule has 1 aromatic rings. The molecule has 1 heterocycles. The normalized spacial score (nSPS) is 23.7. The summed E-state index contributed by atoms with van der Waals surface area (Å²) >= 11 is 0. The van der Waals surface area contributed by atoms with Gasteiger partial charge in [0.05, 0.1) is 18.8 Å². The zero-order chi connectivity index (χ0) is 12.4. The molecule has 17 heavy (non-hydrogen) atoms. The Hall–Kier alpha value is -1.42. The molecule has 92 valence electrons. The van der Waals surface area contributed by atoms with E-state index in [0.717, 1.165) is 6.42 Å². The van der Waals surface area contributed by atoms with Gasteiger partial charge < -0.3 is 9.47 Å². The second-order valence-electron chi connectivity index (χ2n) is 4.22. The maximum absolute atomic E-state index is 13.7. The van der Waals surface area contributed by atoms with Crippen LogP contribution in [0.2, 0.25) is 0 Å². The highest BCUT2D eigenvalue weighted by molar-refractivity contribution is 6.00. The van der Waals surface area contributed by atoms with Crippen LogP contribution in [0, 0.1) is 5.82 Å². The van der Waals surface area contributed by atoms with Crippen molar-refractivity contribution in [2.45, 2.75) is 32.0 Å². The molecule has 0 aromatic heterocycles. The van der Waals surface area contributed by atoms with Crippen molar-refractivity contribution >= 4 is 5.78 Å². The quantitative estimate of drug-likeness (QED) is 0.759. The number of rotatable bonds is 3.